The van der Waals surface area contributed by atoms with Gasteiger partial charge in [0.05, 0.1) is 27.7 Å². The zero-order valence-corrected chi connectivity index (χ0v) is 19.1. The third-order valence-electron chi connectivity index (χ3n) is 4.72. The van der Waals surface area contributed by atoms with Crippen molar-refractivity contribution in [2.75, 3.05) is 16.8 Å². The number of benzene rings is 2. The number of sulfone groups is 1. The molecule has 0 saturated heterocycles. The Hall–Kier alpha value is -2.85. The van der Waals surface area contributed by atoms with Gasteiger partial charge in [-0.15, -0.1) is 0 Å². The maximum Gasteiger partial charge on any atom is 0.416 e. The van der Waals surface area contributed by atoms with E-state index in [9.17, 15) is 26.4 Å². The lowest BCUT2D eigenvalue weighted by Gasteiger charge is -2.13. The number of alkyl halides is 3. The molecule has 6 nitrogen and oxygen atoms in total. The molecule has 11 heteroatoms. The van der Waals surface area contributed by atoms with Crippen molar-refractivity contribution in [2.45, 2.75) is 25.9 Å². The van der Waals surface area contributed by atoms with Gasteiger partial charge >= 0.3 is 6.18 Å². The molecular weight excluding hydrogens is 479 g/mol. The van der Waals surface area contributed by atoms with Gasteiger partial charge in [0.15, 0.2) is 9.84 Å². The first kappa shape index (κ1) is 24.8. The van der Waals surface area contributed by atoms with Crippen molar-refractivity contribution in [3.63, 3.8) is 0 Å². The Kier molecular flexibility index (Phi) is 7.48. The van der Waals surface area contributed by atoms with E-state index in [1.165, 1.54) is 6.07 Å². The maximum absolute atomic E-state index is 13.1. The van der Waals surface area contributed by atoms with Crippen LogP contribution in [0.4, 0.5) is 19.0 Å². The average molecular weight is 500 g/mol. The quantitative estimate of drug-likeness (QED) is 0.481. The molecular formula is C22H21ClF3N3O3S. The summed E-state index contributed by atoms with van der Waals surface area (Å²) in [6, 6.07) is 13.5. The number of aromatic nitrogens is 2. The summed E-state index contributed by atoms with van der Waals surface area (Å²) in [5.41, 5.74) is 0.355. The van der Waals surface area contributed by atoms with Crippen LogP contribution in [0.1, 0.15) is 23.2 Å². The van der Waals surface area contributed by atoms with E-state index < -0.39 is 33.2 Å². The zero-order chi connectivity index (χ0) is 24.2. The van der Waals surface area contributed by atoms with Gasteiger partial charge < -0.3 is 5.32 Å². The molecule has 0 aliphatic heterocycles. The predicted octanol–water partition coefficient (Wildman–Crippen LogP) is 4.84. The molecule has 0 aliphatic carbocycles. The minimum Gasteiger partial charge on any atom is -0.310 e. The summed E-state index contributed by atoms with van der Waals surface area (Å²) in [6.45, 7) is 1.58. The lowest BCUT2D eigenvalue weighted by molar-refractivity contribution is -0.137. The van der Waals surface area contributed by atoms with E-state index in [2.05, 4.69) is 10.4 Å². The number of hydrogen-bond acceptors (Lipinski definition) is 4. The number of carbonyl (C=O) groups excluding carboxylic acids is 1. The smallest absolute Gasteiger partial charge is 0.310 e. The number of amides is 1. The van der Waals surface area contributed by atoms with Crippen molar-refractivity contribution >= 4 is 33.2 Å². The van der Waals surface area contributed by atoms with Crippen LogP contribution in [0.5, 0.6) is 0 Å². The zero-order valence-electron chi connectivity index (χ0n) is 17.6. The van der Waals surface area contributed by atoms with Gasteiger partial charge in [0, 0.05) is 6.07 Å². The van der Waals surface area contributed by atoms with Gasteiger partial charge in [-0.1, -0.05) is 41.9 Å². The van der Waals surface area contributed by atoms with E-state index >= 15 is 0 Å². The molecule has 3 rings (SSSR count). The van der Waals surface area contributed by atoms with Crippen LogP contribution in [0.3, 0.4) is 0 Å². The van der Waals surface area contributed by atoms with Crippen molar-refractivity contribution in [3.8, 4) is 5.69 Å². The second-order valence-electron chi connectivity index (χ2n) is 7.48. The van der Waals surface area contributed by atoms with E-state index in [1.54, 1.807) is 6.92 Å². The fraction of sp³-hybridized carbons (Fsp3) is 0.273. The monoisotopic (exact) mass is 499 g/mol. The molecule has 0 fully saturated rings. The van der Waals surface area contributed by atoms with E-state index in [0.29, 0.717) is 18.5 Å². The van der Waals surface area contributed by atoms with Gasteiger partial charge in [0.25, 0.3) is 0 Å². The van der Waals surface area contributed by atoms with Gasteiger partial charge in [0.1, 0.15) is 11.6 Å². The number of rotatable bonds is 8. The van der Waals surface area contributed by atoms with Crippen LogP contribution < -0.4 is 5.32 Å². The van der Waals surface area contributed by atoms with Crippen molar-refractivity contribution in [2.24, 2.45) is 0 Å². The largest absolute Gasteiger partial charge is 0.416 e. The number of hydrogen-bond donors (Lipinski definition) is 1. The summed E-state index contributed by atoms with van der Waals surface area (Å²) in [4.78, 5) is 12.4. The summed E-state index contributed by atoms with van der Waals surface area (Å²) in [6.07, 6.45) is -3.68. The van der Waals surface area contributed by atoms with Crippen molar-refractivity contribution in [3.05, 3.63) is 76.4 Å². The highest BCUT2D eigenvalue weighted by molar-refractivity contribution is 7.92. The van der Waals surface area contributed by atoms with E-state index in [0.717, 1.165) is 28.4 Å². The molecule has 0 unspecified atom stereocenters. The third kappa shape index (κ3) is 6.82. The van der Waals surface area contributed by atoms with Gasteiger partial charge in [-0.3, -0.25) is 4.79 Å². The van der Waals surface area contributed by atoms with Crippen molar-refractivity contribution < 1.29 is 26.4 Å². The summed E-state index contributed by atoms with van der Waals surface area (Å²) < 4.78 is 65.1. The molecule has 0 atom stereocenters. The van der Waals surface area contributed by atoms with Crippen LogP contribution in [0, 0.1) is 6.92 Å². The number of halogens is 4. The second-order valence-corrected chi connectivity index (χ2v) is 10.1. The molecule has 33 heavy (non-hydrogen) atoms. The summed E-state index contributed by atoms with van der Waals surface area (Å²) in [7, 11) is -3.69. The first-order chi connectivity index (χ1) is 15.4. The molecule has 2 aromatic carbocycles. The van der Waals surface area contributed by atoms with Crippen LogP contribution in [0.2, 0.25) is 5.02 Å². The van der Waals surface area contributed by atoms with Crippen LogP contribution in [0.25, 0.3) is 5.69 Å². The van der Waals surface area contributed by atoms with Gasteiger partial charge in [-0.25, -0.2) is 13.1 Å². The molecule has 0 aliphatic rings. The third-order valence-corrected chi connectivity index (χ3v) is 6.65. The van der Waals surface area contributed by atoms with Gasteiger partial charge in [0.2, 0.25) is 5.91 Å². The predicted molar refractivity (Wildman–Crippen MR) is 120 cm³/mol. The van der Waals surface area contributed by atoms with E-state index in [4.69, 9.17) is 11.6 Å². The second kappa shape index (κ2) is 9.96. The molecule has 1 aromatic heterocycles. The number of anilines is 1. The fourth-order valence-electron chi connectivity index (χ4n) is 3.22. The average Bonchev–Trinajstić information content (AvgIpc) is 3.07. The van der Waals surface area contributed by atoms with Crippen LogP contribution in [0.15, 0.2) is 54.6 Å². The number of nitrogens with zero attached hydrogens (tertiary/aromatic N) is 2. The molecule has 176 valence electrons. The lowest BCUT2D eigenvalue weighted by Crippen LogP contribution is -2.26. The van der Waals surface area contributed by atoms with Crippen molar-refractivity contribution in [1.82, 2.24) is 9.78 Å². The Labute approximate surface area is 194 Å². The topological polar surface area (TPSA) is 81.1 Å². The highest BCUT2D eigenvalue weighted by Crippen LogP contribution is 2.34. The SMILES string of the molecule is Cc1cc(NC(=O)CS(=O)(=O)CCCc2ccccc2)n(-c2cc(C(F)(F)F)ccc2Cl)n1. The molecule has 0 saturated carbocycles. The first-order valence-electron chi connectivity index (χ1n) is 9.92. The standard InChI is InChI=1S/C22H21ClF3N3O3S/c1-15-12-20(29(28-15)19-13-17(22(24,25)26)9-10-18(19)23)27-21(30)14-33(31,32)11-5-8-16-6-3-2-4-7-16/h2-4,6-7,9-10,12-13H,5,8,11,14H2,1H3,(H,27,30). The number of aryl methyl sites for hydroxylation is 2. The van der Waals surface area contributed by atoms with E-state index in [-0.39, 0.29) is 22.3 Å². The van der Waals surface area contributed by atoms with Crippen LogP contribution in [-0.2, 0) is 27.2 Å². The summed E-state index contributed by atoms with van der Waals surface area (Å²) >= 11 is 6.08. The molecule has 0 spiro atoms. The number of nitrogens with one attached hydrogen (secondary N) is 1. The molecule has 1 amide bonds. The lowest BCUT2D eigenvalue weighted by atomic mass is 10.1. The van der Waals surface area contributed by atoms with Gasteiger partial charge in [-0.05, 0) is 43.5 Å². The Balaban J connectivity index is 1.71. The summed E-state index contributed by atoms with van der Waals surface area (Å²) in [5.74, 6) is -1.74. The molecule has 1 heterocycles. The molecule has 0 bridgehead atoms. The highest BCUT2D eigenvalue weighted by atomic mass is 35.5. The van der Waals surface area contributed by atoms with Crippen LogP contribution in [-0.4, -0.2) is 35.6 Å². The number of carbonyl (C=O) groups is 1. The highest BCUT2D eigenvalue weighted by Gasteiger charge is 2.31. The van der Waals surface area contributed by atoms with E-state index in [1.807, 2.05) is 30.3 Å². The summed E-state index contributed by atoms with van der Waals surface area (Å²) in [5, 5.41) is 6.50. The van der Waals surface area contributed by atoms with Gasteiger partial charge in [-0.2, -0.15) is 18.3 Å². The fourth-order valence-corrected chi connectivity index (χ4v) is 4.61. The Morgan fingerprint density at radius 2 is 1.82 bits per heavy atom. The molecule has 1 N–H and O–H groups in total. The molecule has 0 radical (unpaired) electrons. The van der Waals surface area contributed by atoms with Crippen LogP contribution >= 0.6 is 11.6 Å². The normalized spacial score (nSPS) is 12.0. The minimum atomic E-state index is -4.60. The minimum absolute atomic E-state index is 0.0122. The Morgan fingerprint density at radius 1 is 1.12 bits per heavy atom. The molecule has 3 aromatic rings. The first-order valence-corrected chi connectivity index (χ1v) is 12.1. The van der Waals surface area contributed by atoms with Crippen molar-refractivity contribution in [1.29, 1.82) is 0 Å². The maximum atomic E-state index is 13.1. The Morgan fingerprint density at radius 3 is 2.48 bits per heavy atom. The Bertz CT molecular complexity index is 1240.